The monoisotopic (exact) mass is 331 g/mol. The molecule has 0 unspecified atom stereocenters. The molecule has 2 amide bonds. The third-order valence-electron chi connectivity index (χ3n) is 3.19. The van der Waals surface area contributed by atoms with Gasteiger partial charge in [-0.05, 0) is 33.0 Å². The predicted octanol–water partition coefficient (Wildman–Crippen LogP) is 1.59. The fourth-order valence-corrected chi connectivity index (χ4v) is 2.04. The van der Waals surface area contributed by atoms with Gasteiger partial charge in [0, 0.05) is 24.7 Å². The zero-order valence-electron chi connectivity index (χ0n) is 14.0. The van der Waals surface area contributed by atoms with Gasteiger partial charge in [0.05, 0.1) is 6.54 Å². The second-order valence-corrected chi connectivity index (χ2v) is 5.57. The van der Waals surface area contributed by atoms with E-state index in [1.54, 1.807) is 31.0 Å². The van der Waals surface area contributed by atoms with Gasteiger partial charge < -0.3 is 15.2 Å². The Kier molecular flexibility index (Phi) is 6.02. The van der Waals surface area contributed by atoms with Crippen LogP contribution in [-0.2, 0) is 9.59 Å². The van der Waals surface area contributed by atoms with Crippen molar-refractivity contribution in [1.82, 2.24) is 15.0 Å². The summed E-state index contributed by atoms with van der Waals surface area (Å²) in [5.41, 5.74) is 0.834. The zero-order valence-corrected chi connectivity index (χ0v) is 14.0. The van der Waals surface area contributed by atoms with E-state index in [4.69, 9.17) is 4.52 Å². The van der Waals surface area contributed by atoms with E-state index in [9.17, 15) is 9.59 Å². The Morgan fingerprint density at radius 3 is 2.58 bits per heavy atom. The first kappa shape index (κ1) is 17.6. The molecule has 0 fully saturated rings. The van der Waals surface area contributed by atoms with Crippen molar-refractivity contribution >= 4 is 23.5 Å². The number of pyridine rings is 1. The Morgan fingerprint density at radius 1 is 1.17 bits per heavy atom. The number of nitrogens with zero attached hydrogens (tertiary/aromatic N) is 3. The second-order valence-electron chi connectivity index (χ2n) is 5.57. The van der Waals surface area contributed by atoms with E-state index in [0.717, 1.165) is 5.69 Å². The molecule has 0 spiro atoms. The molecule has 2 heterocycles. The Hall–Kier alpha value is -2.74. The zero-order chi connectivity index (χ0) is 17.5. The van der Waals surface area contributed by atoms with E-state index in [1.807, 2.05) is 19.1 Å². The molecule has 24 heavy (non-hydrogen) atoms. The maximum atomic E-state index is 12.0. The van der Waals surface area contributed by atoms with E-state index in [2.05, 4.69) is 20.8 Å². The SMILES string of the molecule is Cc1cccc(NC(=O)CN(C)CCC(=O)Nc2cc(C)on2)n1. The third kappa shape index (κ3) is 5.81. The smallest absolute Gasteiger partial charge is 0.239 e. The molecule has 0 saturated carbocycles. The van der Waals surface area contributed by atoms with Crippen LogP contribution < -0.4 is 10.6 Å². The van der Waals surface area contributed by atoms with Gasteiger partial charge in [-0.15, -0.1) is 0 Å². The molecule has 0 bridgehead atoms. The van der Waals surface area contributed by atoms with Gasteiger partial charge in [-0.2, -0.15) is 0 Å². The molecule has 0 aliphatic heterocycles. The minimum atomic E-state index is -0.184. The summed E-state index contributed by atoms with van der Waals surface area (Å²) in [4.78, 5) is 29.7. The van der Waals surface area contributed by atoms with Crippen LogP contribution in [0.15, 0.2) is 28.8 Å². The average molecular weight is 331 g/mol. The summed E-state index contributed by atoms with van der Waals surface area (Å²) in [5.74, 6) is 1.18. The van der Waals surface area contributed by atoms with Crippen molar-refractivity contribution < 1.29 is 14.1 Å². The molecule has 0 aromatic carbocycles. The molecule has 2 rings (SSSR count). The van der Waals surface area contributed by atoms with Crippen molar-refractivity contribution in [2.75, 3.05) is 30.8 Å². The highest BCUT2D eigenvalue weighted by atomic mass is 16.5. The summed E-state index contributed by atoms with van der Waals surface area (Å²) in [6.07, 6.45) is 0.248. The van der Waals surface area contributed by atoms with Crippen LogP contribution in [0.3, 0.4) is 0 Å². The number of hydrogen-bond acceptors (Lipinski definition) is 6. The van der Waals surface area contributed by atoms with Gasteiger partial charge in [-0.3, -0.25) is 14.5 Å². The highest BCUT2D eigenvalue weighted by molar-refractivity contribution is 5.91. The molecule has 0 saturated heterocycles. The average Bonchev–Trinajstić information content (AvgIpc) is 2.90. The van der Waals surface area contributed by atoms with Crippen LogP contribution in [0.1, 0.15) is 17.9 Å². The highest BCUT2D eigenvalue weighted by Gasteiger charge is 2.11. The normalized spacial score (nSPS) is 10.7. The highest BCUT2D eigenvalue weighted by Crippen LogP contribution is 2.07. The second kappa shape index (κ2) is 8.21. The first-order chi connectivity index (χ1) is 11.4. The van der Waals surface area contributed by atoms with Gasteiger partial charge in [0.1, 0.15) is 11.6 Å². The number of aromatic nitrogens is 2. The summed E-state index contributed by atoms with van der Waals surface area (Å²) in [7, 11) is 1.77. The maximum Gasteiger partial charge on any atom is 0.239 e. The first-order valence-electron chi connectivity index (χ1n) is 7.57. The summed E-state index contributed by atoms with van der Waals surface area (Å²) in [6, 6.07) is 7.07. The number of rotatable bonds is 7. The molecule has 0 aliphatic rings. The molecule has 0 aliphatic carbocycles. The van der Waals surface area contributed by atoms with Crippen LogP contribution in [0.25, 0.3) is 0 Å². The lowest BCUT2D eigenvalue weighted by molar-refractivity contribution is -0.119. The number of hydrogen-bond donors (Lipinski definition) is 2. The van der Waals surface area contributed by atoms with Crippen LogP contribution in [0.5, 0.6) is 0 Å². The quantitative estimate of drug-likeness (QED) is 0.799. The Morgan fingerprint density at radius 2 is 1.92 bits per heavy atom. The molecular formula is C16H21N5O3. The molecular weight excluding hydrogens is 310 g/mol. The van der Waals surface area contributed by atoms with Gasteiger partial charge in [0.25, 0.3) is 0 Å². The van der Waals surface area contributed by atoms with Crippen molar-refractivity contribution in [2.24, 2.45) is 0 Å². The molecule has 2 N–H and O–H groups in total. The van der Waals surface area contributed by atoms with E-state index < -0.39 is 0 Å². The van der Waals surface area contributed by atoms with Crippen LogP contribution in [0.2, 0.25) is 0 Å². The van der Waals surface area contributed by atoms with Crippen LogP contribution in [0, 0.1) is 13.8 Å². The predicted molar refractivity (Wildman–Crippen MR) is 89.6 cm³/mol. The van der Waals surface area contributed by atoms with Crippen LogP contribution in [-0.4, -0.2) is 47.0 Å². The van der Waals surface area contributed by atoms with Gasteiger partial charge in [0.2, 0.25) is 11.8 Å². The lowest BCUT2D eigenvalue weighted by atomic mass is 10.3. The lowest BCUT2D eigenvalue weighted by Gasteiger charge is -2.15. The van der Waals surface area contributed by atoms with E-state index >= 15 is 0 Å². The molecule has 128 valence electrons. The molecule has 8 nitrogen and oxygen atoms in total. The molecule has 2 aromatic rings. The van der Waals surface area contributed by atoms with Crippen LogP contribution >= 0.6 is 0 Å². The molecule has 0 radical (unpaired) electrons. The van der Waals surface area contributed by atoms with Crippen molar-refractivity contribution in [3.8, 4) is 0 Å². The van der Waals surface area contributed by atoms with Crippen molar-refractivity contribution in [3.63, 3.8) is 0 Å². The van der Waals surface area contributed by atoms with Crippen LogP contribution in [0.4, 0.5) is 11.6 Å². The minimum absolute atomic E-state index is 0.173. The van der Waals surface area contributed by atoms with Gasteiger partial charge in [0.15, 0.2) is 5.82 Å². The number of likely N-dealkylation sites (N-methyl/N-ethyl adjacent to an activating group) is 1. The summed E-state index contributed by atoms with van der Waals surface area (Å²) < 4.78 is 4.87. The fourth-order valence-electron chi connectivity index (χ4n) is 2.04. The molecule has 8 heteroatoms. The van der Waals surface area contributed by atoms with E-state index in [1.165, 1.54) is 0 Å². The maximum absolute atomic E-state index is 12.0. The fraction of sp³-hybridized carbons (Fsp3) is 0.375. The van der Waals surface area contributed by atoms with Crippen molar-refractivity contribution in [2.45, 2.75) is 20.3 Å². The number of anilines is 2. The Bertz CT molecular complexity index is 713. The standard InChI is InChI=1S/C16H21N5O3/c1-11-5-4-6-13(17-11)18-16(23)10-21(3)8-7-15(22)19-14-9-12(2)24-20-14/h4-6,9H,7-8,10H2,1-3H3,(H,17,18,23)(H,19,20,22). The van der Waals surface area contributed by atoms with Crippen molar-refractivity contribution in [3.05, 3.63) is 35.7 Å². The van der Waals surface area contributed by atoms with E-state index in [-0.39, 0.29) is 24.8 Å². The van der Waals surface area contributed by atoms with Gasteiger partial charge in [-0.25, -0.2) is 4.98 Å². The minimum Gasteiger partial charge on any atom is -0.360 e. The molecule has 2 aromatic heterocycles. The molecule has 0 atom stereocenters. The van der Waals surface area contributed by atoms with E-state index in [0.29, 0.717) is 23.9 Å². The largest absolute Gasteiger partial charge is 0.360 e. The lowest BCUT2D eigenvalue weighted by Crippen LogP contribution is -2.32. The number of aryl methyl sites for hydroxylation is 2. The Balaban J connectivity index is 1.71. The summed E-state index contributed by atoms with van der Waals surface area (Å²) in [5, 5.41) is 9.06. The topological polar surface area (TPSA) is 100 Å². The number of amides is 2. The van der Waals surface area contributed by atoms with Crippen molar-refractivity contribution in [1.29, 1.82) is 0 Å². The number of carbonyl (C=O) groups excluding carboxylic acids is 2. The van der Waals surface area contributed by atoms with Gasteiger partial charge >= 0.3 is 0 Å². The number of nitrogens with one attached hydrogen (secondary N) is 2. The summed E-state index contributed by atoms with van der Waals surface area (Å²) in [6.45, 7) is 4.22. The third-order valence-corrected chi connectivity index (χ3v) is 3.19. The first-order valence-corrected chi connectivity index (χ1v) is 7.57. The summed E-state index contributed by atoms with van der Waals surface area (Å²) >= 11 is 0. The Labute approximate surface area is 140 Å². The number of carbonyl (C=O) groups is 2. The van der Waals surface area contributed by atoms with Gasteiger partial charge in [-0.1, -0.05) is 11.2 Å².